The number of hydrogen-bond donors (Lipinski definition) is 0. The SMILES string of the molecule is c1ccc(-c2nc(-c3ccccc3)nc(-c3ccc4c(c3)sc3ccc(-c5ccc(-c6ccccc6)c6c5sc5ccccc56)cc34)n2)cc1. The number of benzene rings is 7. The van der Waals surface area contributed by atoms with E-state index in [-0.39, 0.29) is 0 Å². The van der Waals surface area contributed by atoms with E-state index < -0.39 is 0 Å². The van der Waals surface area contributed by atoms with Gasteiger partial charge in [-0.1, -0.05) is 140 Å². The van der Waals surface area contributed by atoms with Gasteiger partial charge in [-0.15, -0.1) is 22.7 Å². The van der Waals surface area contributed by atoms with Gasteiger partial charge in [0.2, 0.25) is 0 Å². The molecular weight excluding hydrogens is 647 g/mol. The van der Waals surface area contributed by atoms with Crippen LogP contribution in [0, 0.1) is 0 Å². The molecule has 0 aliphatic heterocycles. The largest absolute Gasteiger partial charge is 0.208 e. The number of fused-ring (bicyclic) bond motifs is 6. The Labute approximate surface area is 296 Å². The predicted molar refractivity (Wildman–Crippen MR) is 213 cm³/mol. The second kappa shape index (κ2) is 11.8. The minimum atomic E-state index is 0.668. The van der Waals surface area contributed by atoms with E-state index >= 15 is 0 Å². The Morgan fingerprint density at radius 3 is 1.58 bits per heavy atom. The second-order valence-electron chi connectivity index (χ2n) is 12.4. The van der Waals surface area contributed by atoms with Crippen molar-refractivity contribution in [2.45, 2.75) is 0 Å². The van der Waals surface area contributed by atoms with Gasteiger partial charge in [0, 0.05) is 57.0 Å². The molecule has 234 valence electrons. The molecule has 0 amide bonds. The van der Waals surface area contributed by atoms with Crippen molar-refractivity contribution in [2.24, 2.45) is 0 Å². The molecule has 5 heteroatoms. The summed E-state index contributed by atoms with van der Waals surface area (Å²) < 4.78 is 5.11. The monoisotopic (exact) mass is 673 g/mol. The minimum Gasteiger partial charge on any atom is -0.208 e. The van der Waals surface area contributed by atoms with Crippen molar-refractivity contribution in [3.63, 3.8) is 0 Å². The molecule has 3 aromatic heterocycles. The molecule has 50 heavy (non-hydrogen) atoms. The topological polar surface area (TPSA) is 38.7 Å². The molecule has 0 saturated heterocycles. The molecule has 0 radical (unpaired) electrons. The van der Waals surface area contributed by atoms with Gasteiger partial charge in [0.1, 0.15) is 0 Å². The summed E-state index contributed by atoms with van der Waals surface area (Å²) in [5.41, 5.74) is 7.93. The van der Waals surface area contributed by atoms with E-state index in [1.807, 2.05) is 83.3 Å². The number of hydrogen-bond acceptors (Lipinski definition) is 5. The fourth-order valence-corrected chi connectivity index (χ4v) is 9.33. The smallest absolute Gasteiger partial charge is 0.164 e. The fourth-order valence-electron chi connectivity index (χ4n) is 6.94. The summed E-state index contributed by atoms with van der Waals surface area (Å²) in [5, 5.41) is 5.15. The summed E-state index contributed by atoms with van der Waals surface area (Å²) in [7, 11) is 0. The van der Waals surface area contributed by atoms with Gasteiger partial charge in [0.25, 0.3) is 0 Å². The van der Waals surface area contributed by atoms with E-state index in [1.54, 1.807) is 0 Å². The number of thiophene rings is 2. The summed E-state index contributed by atoms with van der Waals surface area (Å²) >= 11 is 3.70. The lowest BCUT2D eigenvalue weighted by atomic mass is 9.94. The molecule has 0 spiro atoms. The van der Waals surface area contributed by atoms with Gasteiger partial charge in [0.15, 0.2) is 17.5 Å². The van der Waals surface area contributed by atoms with Crippen LogP contribution in [-0.2, 0) is 0 Å². The molecule has 10 aromatic rings. The number of aromatic nitrogens is 3. The van der Waals surface area contributed by atoms with E-state index in [9.17, 15) is 0 Å². The number of nitrogens with zero attached hydrogens (tertiary/aromatic N) is 3. The highest BCUT2D eigenvalue weighted by Crippen LogP contribution is 2.46. The van der Waals surface area contributed by atoms with Crippen LogP contribution in [0.15, 0.2) is 164 Å². The van der Waals surface area contributed by atoms with Gasteiger partial charge in [-0.05, 0) is 46.5 Å². The average Bonchev–Trinajstić information content (AvgIpc) is 3.77. The standard InChI is InChI=1S/C45H27N3S2/c1-4-12-28(13-5-1)33-23-24-34(42-41(33)36-18-10-11-19-38(36)50-42)31-21-25-39-37(26-31)35-22-20-32(27-40(35)49-39)45-47-43(29-14-6-2-7-15-29)46-44(48-45)30-16-8-3-9-17-30/h1-27H. The molecule has 0 aliphatic rings. The van der Waals surface area contributed by atoms with Crippen LogP contribution >= 0.6 is 22.7 Å². The normalized spacial score (nSPS) is 11.6. The highest BCUT2D eigenvalue weighted by Gasteiger charge is 2.18. The molecule has 3 heterocycles. The van der Waals surface area contributed by atoms with Gasteiger partial charge in [-0.3, -0.25) is 0 Å². The first-order valence-corrected chi connectivity index (χ1v) is 18.2. The van der Waals surface area contributed by atoms with Crippen LogP contribution in [0.25, 0.3) is 96.8 Å². The molecule has 0 atom stereocenters. The summed E-state index contributed by atoms with van der Waals surface area (Å²) in [6.45, 7) is 0. The Balaban J connectivity index is 1.11. The van der Waals surface area contributed by atoms with Crippen LogP contribution in [0.1, 0.15) is 0 Å². The van der Waals surface area contributed by atoms with E-state index in [2.05, 4.69) is 103 Å². The third-order valence-electron chi connectivity index (χ3n) is 9.35. The summed E-state index contributed by atoms with van der Waals surface area (Å²) in [5.74, 6) is 2.01. The first kappa shape index (κ1) is 29.0. The van der Waals surface area contributed by atoms with Gasteiger partial charge in [-0.25, -0.2) is 15.0 Å². The van der Waals surface area contributed by atoms with Crippen LogP contribution in [0.2, 0.25) is 0 Å². The highest BCUT2D eigenvalue weighted by molar-refractivity contribution is 7.26. The van der Waals surface area contributed by atoms with E-state index in [1.165, 1.54) is 62.6 Å². The molecule has 0 aliphatic carbocycles. The third kappa shape index (κ3) is 4.90. The zero-order chi connectivity index (χ0) is 33.0. The fraction of sp³-hybridized carbons (Fsp3) is 0. The maximum Gasteiger partial charge on any atom is 0.164 e. The Morgan fingerprint density at radius 2 is 0.880 bits per heavy atom. The van der Waals surface area contributed by atoms with Crippen molar-refractivity contribution < 1.29 is 0 Å². The predicted octanol–water partition coefficient (Wildman–Crippen LogP) is 12.9. The molecule has 0 N–H and O–H groups in total. The van der Waals surface area contributed by atoms with Crippen molar-refractivity contribution >= 4 is 63.0 Å². The van der Waals surface area contributed by atoms with Crippen LogP contribution in [0.3, 0.4) is 0 Å². The van der Waals surface area contributed by atoms with Crippen molar-refractivity contribution in [1.29, 1.82) is 0 Å². The Hall–Kier alpha value is -6.01. The van der Waals surface area contributed by atoms with Crippen molar-refractivity contribution in [3.05, 3.63) is 164 Å². The first-order valence-electron chi connectivity index (χ1n) is 16.6. The molecule has 10 rings (SSSR count). The zero-order valence-electron chi connectivity index (χ0n) is 26.7. The van der Waals surface area contributed by atoms with Crippen molar-refractivity contribution in [3.8, 4) is 56.4 Å². The van der Waals surface area contributed by atoms with Gasteiger partial charge in [0.05, 0.1) is 0 Å². The lowest BCUT2D eigenvalue weighted by molar-refractivity contribution is 1.07. The van der Waals surface area contributed by atoms with Gasteiger partial charge >= 0.3 is 0 Å². The maximum absolute atomic E-state index is 4.97. The molecule has 0 saturated carbocycles. The van der Waals surface area contributed by atoms with Crippen molar-refractivity contribution in [1.82, 2.24) is 15.0 Å². The summed E-state index contributed by atoms with van der Waals surface area (Å²) in [6, 6.07) is 58.0. The van der Waals surface area contributed by atoms with Crippen LogP contribution in [0.4, 0.5) is 0 Å². The molecule has 3 nitrogen and oxygen atoms in total. The van der Waals surface area contributed by atoms with Crippen LogP contribution in [0.5, 0.6) is 0 Å². The molecule has 0 bridgehead atoms. The Morgan fingerprint density at radius 1 is 0.320 bits per heavy atom. The van der Waals surface area contributed by atoms with E-state index in [0.717, 1.165) is 16.7 Å². The Kier molecular flexibility index (Phi) is 6.86. The van der Waals surface area contributed by atoms with Gasteiger partial charge in [-0.2, -0.15) is 0 Å². The molecular formula is C45H27N3S2. The highest BCUT2D eigenvalue weighted by atomic mass is 32.1. The second-order valence-corrected chi connectivity index (χ2v) is 14.5. The zero-order valence-corrected chi connectivity index (χ0v) is 28.4. The minimum absolute atomic E-state index is 0.668. The summed E-state index contributed by atoms with van der Waals surface area (Å²) in [4.78, 5) is 14.8. The summed E-state index contributed by atoms with van der Waals surface area (Å²) in [6.07, 6.45) is 0. The quantitative estimate of drug-likeness (QED) is 0.182. The lowest BCUT2D eigenvalue weighted by Crippen LogP contribution is -1.99. The van der Waals surface area contributed by atoms with Gasteiger partial charge < -0.3 is 0 Å². The van der Waals surface area contributed by atoms with E-state index in [4.69, 9.17) is 15.0 Å². The molecule has 0 fully saturated rings. The number of rotatable bonds is 5. The van der Waals surface area contributed by atoms with Crippen LogP contribution in [-0.4, -0.2) is 15.0 Å². The van der Waals surface area contributed by atoms with Crippen LogP contribution < -0.4 is 0 Å². The third-order valence-corrected chi connectivity index (χ3v) is 11.7. The maximum atomic E-state index is 4.97. The Bertz CT molecular complexity index is 2800. The average molecular weight is 674 g/mol. The van der Waals surface area contributed by atoms with E-state index in [0.29, 0.717) is 17.5 Å². The lowest BCUT2D eigenvalue weighted by Gasteiger charge is -2.10. The molecule has 0 unspecified atom stereocenters. The first-order chi connectivity index (χ1) is 24.8. The molecule has 7 aromatic carbocycles. The van der Waals surface area contributed by atoms with Crippen molar-refractivity contribution in [2.75, 3.05) is 0 Å².